The molecule has 4 N–H and O–H groups in total. The summed E-state index contributed by atoms with van der Waals surface area (Å²) in [6, 6.07) is 8.71. The lowest BCUT2D eigenvalue weighted by atomic mass is 9.92. The smallest absolute Gasteiger partial charge is 0.252 e. The van der Waals surface area contributed by atoms with E-state index in [4.69, 9.17) is 14.9 Å². The number of fused-ring (bicyclic) bond motifs is 1. The number of aliphatic hydroxyl groups is 1. The number of hydrogen-bond donors (Lipinski definition) is 3. The topological polar surface area (TPSA) is 128 Å². The summed E-state index contributed by atoms with van der Waals surface area (Å²) in [6.45, 7) is 1.28. The number of aryl methyl sites for hydroxylation is 1. The van der Waals surface area contributed by atoms with Crippen molar-refractivity contribution in [3.63, 3.8) is 0 Å². The number of nitrogens with zero attached hydrogens (tertiary/aromatic N) is 1. The summed E-state index contributed by atoms with van der Waals surface area (Å²) in [5.74, 6) is -1.41. The maximum Gasteiger partial charge on any atom is 0.252 e. The first-order chi connectivity index (χ1) is 13.5. The second-order valence-electron chi connectivity index (χ2n) is 6.21. The fourth-order valence-corrected chi connectivity index (χ4v) is 3.20. The van der Waals surface area contributed by atoms with E-state index in [0.29, 0.717) is 33.7 Å². The number of carbonyl (C=O) groups is 2. The summed E-state index contributed by atoms with van der Waals surface area (Å²) >= 11 is 0. The Morgan fingerprint density at radius 2 is 2.11 bits per heavy atom. The molecule has 0 aliphatic heterocycles. The highest BCUT2D eigenvalue weighted by Gasteiger charge is 2.30. The molecule has 0 spiro atoms. The molecule has 1 aromatic carbocycles. The van der Waals surface area contributed by atoms with Crippen molar-refractivity contribution in [2.45, 2.75) is 19.4 Å². The van der Waals surface area contributed by atoms with E-state index in [1.165, 1.54) is 7.05 Å². The fourth-order valence-electron chi connectivity index (χ4n) is 3.20. The number of hydrogen-bond acceptors (Lipinski definition) is 6. The van der Waals surface area contributed by atoms with Gasteiger partial charge in [0.2, 0.25) is 5.91 Å². The highest BCUT2D eigenvalue weighted by molar-refractivity contribution is 6.09. The second-order valence-corrected chi connectivity index (χ2v) is 6.21. The number of rotatable bonds is 7. The molecule has 8 nitrogen and oxygen atoms in total. The summed E-state index contributed by atoms with van der Waals surface area (Å²) in [7, 11) is 1.47. The van der Waals surface area contributed by atoms with Crippen molar-refractivity contribution >= 4 is 22.8 Å². The summed E-state index contributed by atoms with van der Waals surface area (Å²) in [5, 5.41) is 12.8. The zero-order valence-corrected chi connectivity index (χ0v) is 15.6. The van der Waals surface area contributed by atoms with E-state index in [-0.39, 0.29) is 12.2 Å². The zero-order valence-electron chi connectivity index (χ0n) is 15.6. The third-order valence-electron chi connectivity index (χ3n) is 4.47. The summed E-state index contributed by atoms with van der Waals surface area (Å²) < 4.78 is 11.6. The average Bonchev–Trinajstić information content (AvgIpc) is 3.04. The third kappa shape index (κ3) is 3.54. The van der Waals surface area contributed by atoms with Crippen LogP contribution in [0.15, 0.2) is 40.9 Å². The lowest BCUT2D eigenvalue weighted by Gasteiger charge is -2.19. The Kier molecular flexibility index (Phi) is 5.60. The van der Waals surface area contributed by atoms with Gasteiger partial charge in [-0.3, -0.25) is 14.6 Å². The van der Waals surface area contributed by atoms with Gasteiger partial charge in [0, 0.05) is 24.2 Å². The highest BCUT2D eigenvalue weighted by atomic mass is 16.5. The molecule has 0 saturated carbocycles. The van der Waals surface area contributed by atoms with Crippen molar-refractivity contribution in [3.8, 4) is 5.75 Å². The molecule has 2 heterocycles. The number of amides is 2. The van der Waals surface area contributed by atoms with Gasteiger partial charge < -0.3 is 25.3 Å². The van der Waals surface area contributed by atoms with Crippen LogP contribution in [0, 0.1) is 6.92 Å². The number of ether oxygens (including phenoxy) is 1. The Morgan fingerprint density at radius 3 is 2.71 bits per heavy atom. The van der Waals surface area contributed by atoms with Crippen LogP contribution in [0.3, 0.4) is 0 Å². The Labute approximate surface area is 161 Å². The average molecular weight is 383 g/mol. The number of aromatic nitrogens is 1. The number of carbonyl (C=O) groups excluding carboxylic acids is 2. The van der Waals surface area contributed by atoms with Gasteiger partial charge in [-0.1, -0.05) is 6.07 Å². The zero-order chi connectivity index (χ0) is 20.3. The monoisotopic (exact) mass is 383 g/mol. The second kappa shape index (κ2) is 8.10. The molecular weight excluding hydrogens is 362 g/mol. The molecule has 0 fully saturated rings. The third-order valence-corrected chi connectivity index (χ3v) is 4.47. The fraction of sp³-hybridized carbons (Fsp3) is 0.250. The molecule has 2 aromatic heterocycles. The van der Waals surface area contributed by atoms with Gasteiger partial charge in [-0.2, -0.15) is 0 Å². The first kappa shape index (κ1) is 19.4. The molecule has 3 rings (SSSR count). The van der Waals surface area contributed by atoms with Crippen molar-refractivity contribution in [2.24, 2.45) is 5.73 Å². The molecule has 0 radical (unpaired) electrons. The first-order valence-corrected chi connectivity index (χ1v) is 8.68. The van der Waals surface area contributed by atoms with Crippen LogP contribution in [0.25, 0.3) is 11.0 Å². The Bertz CT molecular complexity index is 1010. The Morgan fingerprint density at radius 1 is 1.32 bits per heavy atom. The van der Waals surface area contributed by atoms with Crippen molar-refractivity contribution in [1.82, 2.24) is 10.3 Å². The largest absolute Gasteiger partial charge is 0.487 e. The Hall–Kier alpha value is -3.39. The van der Waals surface area contributed by atoms with E-state index < -0.39 is 24.3 Å². The number of primary amides is 1. The molecule has 2 amide bonds. The van der Waals surface area contributed by atoms with Crippen LogP contribution in [0.1, 0.15) is 33.3 Å². The summed E-state index contributed by atoms with van der Waals surface area (Å²) in [4.78, 5) is 28.7. The standard InChI is InChI=1S/C20H21N3O5/c1-11-16(19(21)25)18-15(28-11)7-6-14(17(18)13(9-24)20(26)22-2)27-10-12-5-3-4-8-23-12/h3-8,13,24H,9-10H2,1-2H3,(H2,21,25)(H,22,26). The van der Waals surface area contributed by atoms with Gasteiger partial charge in [0.05, 0.1) is 23.8 Å². The number of pyridine rings is 1. The molecule has 0 bridgehead atoms. The number of benzene rings is 1. The minimum atomic E-state index is -0.970. The molecule has 3 aromatic rings. The lowest BCUT2D eigenvalue weighted by Crippen LogP contribution is -2.29. The van der Waals surface area contributed by atoms with Crippen LogP contribution >= 0.6 is 0 Å². The van der Waals surface area contributed by atoms with Gasteiger partial charge in [0.15, 0.2) is 0 Å². The minimum absolute atomic E-state index is 0.147. The molecular formula is C20H21N3O5. The SMILES string of the molecule is CNC(=O)C(CO)c1c(OCc2ccccn2)ccc2oc(C)c(C(N)=O)c12. The van der Waals surface area contributed by atoms with Crippen LogP contribution in [0.2, 0.25) is 0 Å². The number of likely N-dealkylation sites (N-methyl/N-ethyl adjacent to an activating group) is 1. The Balaban J connectivity index is 2.19. The normalized spacial score (nSPS) is 12.0. The van der Waals surface area contributed by atoms with Crippen LogP contribution in [-0.4, -0.2) is 35.6 Å². The van der Waals surface area contributed by atoms with Crippen molar-refractivity contribution < 1.29 is 23.8 Å². The number of aliphatic hydroxyl groups excluding tert-OH is 1. The van der Waals surface area contributed by atoms with Crippen LogP contribution in [-0.2, 0) is 11.4 Å². The van der Waals surface area contributed by atoms with Crippen LogP contribution in [0.5, 0.6) is 5.75 Å². The van der Waals surface area contributed by atoms with E-state index >= 15 is 0 Å². The maximum absolute atomic E-state index is 12.4. The van der Waals surface area contributed by atoms with Gasteiger partial charge >= 0.3 is 0 Å². The molecule has 146 valence electrons. The minimum Gasteiger partial charge on any atom is -0.487 e. The van der Waals surface area contributed by atoms with Crippen molar-refractivity contribution in [2.75, 3.05) is 13.7 Å². The van der Waals surface area contributed by atoms with E-state index in [1.54, 1.807) is 37.4 Å². The van der Waals surface area contributed by atoms with E-state index in [0.717, 1.165) is 0 Å². The maximum atomic E-state index is 12.4. The molecule has 0 aliphatic rings. The van der Waals surface area contributed by atoms with Gasteiger partial charge in [0.1, 0.15) is 23.7 Å². The van der Waals surface area contributed by atoms with Crippen LogP contribution < -0.4 is 15.8 Å². The highest BCUT2D eigenvalue weighted by Crippen LogP contribution is 2.39. The quantitative estimate of drug-likeness (QED) is 0.569. The van der Waals surface area contributed by atoms with Crippen molar-refractivity contribution in [1.29, 1.82) is 0 Å². The van der Waals surface area contributed by atoms with Crippen LogP contribution in [0.4, 0.5) is 0 Å². The predicted molar refractivity (Wildman–Crippen MR) is 102 cm³/mol. The molecule has 1 unspecified atom stereocenters. The van der Waals surface area contributed by atoms with Crippen molar-refractivity contribution in [3.05, 3.63) is 59.1 Å². The van der Waals surface area contributed by atoms with E-state index in [2.05, 4.69) is 10.3 Å². The summed E-state index contributed by atoms with van der Waals surface area (Å²) in [6.07, 6.45) is 1.65. The van der Waals surface area contributed by atoms with Gasteiger partial charge in [-0.15, -0.1) is 0 Å². The molecule has 8 heteroatoms. The number of nitrogens with one attached hydrogen (secondary N) is 1. The molecule has 0 saturated heterocycles. The van der Waals surface area contributed by atoms with Gasteiger partial charge in [0.25, 0.3) is 5.91 Å². The lowest BCUT2D eigenvalue weighted by molar-refractivity contribution is -0.122. The number of nitrogens with two attached hydrogens (primary N) is 1. The van der Waals surface area contributed by atoms with Gasteiger partial charge in [-0.05, 0) is 31.2 Å². The molecule has 1 atom stereocenters. The van der Waals surface area contributed by atoms with E-state index in [9.17, 15) is 14.7 Å². The number of furan rings is 1. The molecule has 0 aliphatic carbocycles. The van der Waals surface area contributed by atoms with Gasteiger partial charge in [-0.25, -0.2) is 0 Å². The molecule has 28 heavy (non-hydrogen) atoms. The first-order valence-electron chi connectivity index (χ1n) is 8.68. The van der Waals surface area contributed by atoms with E-state index in [1.807, 2.05) is 6.07 Å². The summed E-state index contributed by atoms with van der Waals surface area (Å²) in [5.41, 5.74) is 7.13. The predicted octanol–water partition coefficient (Wildman–Crippen LogP) is 1.64.